The summed E-state index contributed by atoms with van der Waals surface area (Å²) in [5.74, 6) is 1.35. The predicted molar refractivity (Wildman–Crippen MR) is 131 cm³/mol. The number of nitrogens with one attached hydrogen (secondary N) is 3. The molecule has 5 rings (SSSR count). The molecule has 1 unspecified atom stereocenters. The summed E-state index contributed by atoms with van der Waals surface area (Å²) in [5.41, 5.74) is 3.17. The van der Waals surface area contributed by atoms with Crippen LogP contribution in [-0.4, -0.2) is 62.2 Å². The van der Waals surface area contributed by atoms with Crippen molar-refractivity contribution in [3.63, 3.8) is 0 Å². The number of fused-ring (bicyclic) bond motifs is 1. The van der Waals surface area contributed by atoms with Gasteiger partial charge in [0.25, 0.3) is 0 Å². The molecule has 1 aliphatic carbocycles. The minimum atomic E-state index is -2.83. The number of aromatic nitrogens is 4. The lowest BCUT2D eigenvalue weighted by atomic mass is 10.1. The van der Waals surface area contributed by atoms with Crippen molar-refractivity contribution in [2.45, 2.75) is 50.4 Å². The van der Waals surface area contributed by atoms with E-state index >= 15 is 0 Å². The summed E-state index contributed by atoms with van der Waals surface area (Å²) in [4.78, 5) is 19.9. The highest BCUT2D eigenvalue weighted by molar-refractivity contribution is 7.92. The lowest BCUT2D eigenvalue weighted by Crippen LogP contribution is -2.44. The Labute approximate surface area is 194 Å². The molecule has 1 saturated heterocycles. The number of H-pyrrole nitrogens is 1. The fraction of sp³-hybridized carbons (Fsp3) is 0.522. The molecule has 176 valence electrons. The fourth-order valence-corrected chi connectivity index (χ4v) is 6.01. The van der Waals surface area contributed by atoms with Crippen LogP contribution in [0, 0.1) is 4.78 Å². The van der Waals surface area contributed by atoms with Crippen molar-refractivity contribution in [2.75, 3.05) is 36.2 Å². The van der Waals surface area contributed by atoms with Gasteiger partial charge in [0, 0.05) is 36.5 Å². The molecule has 3 N–H and O–H groups in total. The standard InChI is InChI=1S/C23H31N7O2S/c1-14(2)27-17-12-26-21-16(5-8-25-21)20(17)22-28-18(23(6-7-23)33(4,24)31)11-19(29-22)30-9-10-32-13-15(30)3/h5,8,11-12,14-15,24,27H,6-7,9-10,13H2,1-4H3,(H,25,26)/t15-,33?/m1/s1. The van der Waals surface area contributed by atoms with Gasteiger partial charge in [-0.15, -0.1) is 0 Å². The number of aromatic amines is 1. The maximum Gasteiger partial charge on any atom is 0.164 e. The largest absolute Gasteiger partial charge is 0.381 e. The molecule has 9 nitrogen and oxygen atoms in total. The summed E-state index contributed by atoms with van der Waals surface area (Å²) < 4.78 is 26.3. The van der Waals surface area contributed by atoms with E-state index in [1.165, 1.54) is 6.26 Å². The SMILES string of the molecule is CC(C)Nc1cnc2[nH]ccc2c1-c1nc(N2CCOC[C@H]2C)cc(C2(S(C)(=N)=O)CC2)n1. The summed E-state index contributed by atoms with van der Waals surface area (Å²) in [7, 11) is -2.83. The van der Waals surface area contributed by atoms with Gasteiger partial charge in [-0.25, -0.2) is 19.2 Å². The number of ether oxygens (including phenoxy) is 1. The molecular weight excluding hydrogens is 438 g/mol. The third-order valence-corrected chi connectivity index (χ3v) is 8.65. The lowest BCUT2D eigenvalue weighted by molar-refractivity contribution is 0.0985. The van der Waals surface area contributed by atoms with Gasteiger partial charge in [0.05, 0.1) is 56.9 Å². The van der Waals surface area contributed by atoms with Crippen LogP contribution in [-0.2, 0) is 19.2 Å². The fourth-order valence-electron chi connectivity index (χ4n) is 4.62. The number of rotatable bonds is 6. The van der Waals surface area contributed by atoms with Gasteiger partial charge in [0.1, 0.15) is 11.5 Å². The molecule has 0 radical (unpaired) electrons. The van der Waals surface area contributed by atoms with E-state index < -0.39 is 14.5 Å². The van der Waals surface area contributed by atoms with Gasteiger partial charge in [-0.1, -0.05) is 0 Å². The molecule has 2 atom stereocenters. The van der Waals surface area contributed by atoms with Crippen LogP contribution in [0.15, 0.2) is 24.5 Å². The average Bonchev–Trinajstić information content (AvgIpc) is 3.46. The van der Waals surface area contributed by atoms with Crippen molar-refractivity contribution in [1.82, 2.24) is 19.9 Å². The van der Waals surface area contributed by atoms with Crippen molar-refractivity contribution >= 4 is 32.3 Å². The molecule has 2 fully saturated rings. The zero-order chi connectivity index (χ0) is 23.4. The molecule has 3 aromatic rings. The van der Waals surface area contributed by atoms with E-state index in [4.69, 9.17) is 19.5 Å². The molecule has 2 aliphatic rings. The van der Waals surface area contributed by atoms with Gasteiger partial charge in [-0.2, -0.15) is 0 Å². The Morgan fingerprint density at radius 1 is 1.36 bits per heavy atom. The first kappa shape index (κ1) is 22.1. The first-order chi connectivity index (χ1) is 15.7. The molecule has 0 aromatic carbocycles. The van der Waals surface area contributed by atoms with E-state index in [2.05, 4.69) is 41.0 Å². The third-order valence-electron chi connectivity index (χ3n) is 6.55. The van der Waals surface area contributed by atoms with Crippen molar-refractivity contribution in [3.05, 3.63) is 30.2 Å². The monoisotopic (exact) mass is 469 g/mol. The van der Waals surface area contributed by atoms with E-state index in [1.807, 2.05) is 24.5 Å². The van der Waals surface area contributed by atoms with Crippen molar-refractivity contribution in [1.29, 1.82) is 4.78 Å². The van der Waals surface area contributed by atoms with Crippen molar-refractivity contribution < 1.29 is 8.95 Å². The Morgan fingerprint density at radius 3 is 2.82 bits per heavy atom. The Hall–Kier alpha value is -2.72. The van der Waals surface area contributed by atoms with Gasteiger partial charge < -0.3 is 19.9 Å². The molecular formula is C23H31N7O2S. The Bertz CT molecular complexity index is 1300. The molecule has 1 aliphatic heterocycles. The van der Waals surface area contributed by atoms with Gasteiger partial charge in [0.15, 0.2) is 5.82 Å². The zero-order valence-corrected chi connectivity index (χ0v) is 20.3. The normalized spacial score (nSPS) is 21.8. The third kappa shape index (κ3) is 3.85. The van der Waals surface area contributed by atoms with E-state index in [0.29, 0.717) is 37.6 Å². The van der Waals surface area contributed by atoms with Crippen LogP contribution in [0.5, 0.6) is 0 Å². The summed E-state index contributed by atoms with van der Waals surface area (Å²) >= 11 is 0. The van der Waals surface area contributed by atoms with Crippen molar-refractivity contribution in [2.24, 2.45) is 0 Å². The second-order valence-corrected chi connectivity index (χ2v) is 11.9. The maximum atomic E-state index is 13.0. The lowest BCUT2D eigenvalue weighted by Gasteiger charge is -2.35. The van der Waals surface area contributed by atoms with Gasteiger partial charge >= 0.3 is 0 Å². The summed E-state index contributed by atoms with van der Waals surface area (Å²) in [5, 5.41) is 4.40. The number of pyridine rings is 1. The van der Waals surface area contributed by atoms with Gasteiger partial charge in [0.2, 0.25) is 0 Å². The molecule has 1 saturated carbocycles. The second kappa shape index (κ2) is 7.95. The highest BCUT2D eigenvalue weighted by Crippen LogP contribution is 2.53. The number of morpholine rings is 1. The van der Waals surface area contributed by atoms with Crippen LogP contribution in [0.25, 0.3) is 22.4 Å². The predicted octanol–water partition coefficient (Wildman–Crippen LogP) is 3.73. The van der Waals surface area contributed by atoms with Gasteiger partial charge in [-0.05, 0) is 39.7 Å². The number of hydrogen-bond acceptors (Lipinski definition) is 8. The summed E-state index contributed by atoms with van der Waals surface area (Å²) in [6, 6.07) is 4.28. The Kier molecular flexibility index (Phi) is 5.32. The van der Waals surface area contributed by atoms with Crippen LogP contribution >= 0.6 is 0 Å². The van der Waals surface area contributed by atoms with Crippen LogP contribution in [0.3, 0.4) is 0 Å². The second-order valence-electron chi connectivity index (χ2n) is 9.48. The van der Waals surface area contributed by atoms with E-state index in [0.717, 1.165) is 34.6 Å². The van der Waals surface area contributed by atoms with Crippen LogP contribution in [0.1, 0.15) is 39.3 Å². The summed E-state index contributed by atoms with van der Waals surface area (Å²) in [6.45, 7) is 8.25. The Balaban J connectivity index is 1.75. The smallest absolute Gasteiger partial charge is 0.164 e. The first-order valence-electron chi connectivity index (χ1n) is 11.4. The van der Waals surface area contributed by atoms with Crippen LogP contribution in [0.2, 0.25) is 0 Å². The minimum Gasteiger partial charge on any atom is -0.381 e. The highest BCUT2D eigenvalue weighted by atomic mass is 32.2. The molecule has 0 amide bonds. The average molecular weight is 470 g/mol. The number of nitrogens with zero attached hydrogens (tertiary/aromatic N) is 4. The van der Waals surface area contributed by atoms with E-state index in [9.17, 15) is 4.21 Å². The molecule has 10 heteroatoms. The quantitative estimate of drug-likeness (QED) is 0.503. The first-order valence-corrected chi connectivity index (χ1v) is 13.4. The zero-order valence-electron chi connectivity index (χ0n) is 19.5. The number of anilines is 2. The van der Waals surface area contributed by atoms with E-state index in [1.54, 1.807) is 0 Å². The molecule has 3 aromatic heterocycles. The van der Waals surface area contributed by atoms with Crippen molar-refractivity contribution in [3.8, 4) is 11.4 Å². The molecule has 4 heterocycles. The molecule has 33 heavy (non-hydrogen) atoms. The topological polar surface area (TPSA) is 120 Å². The van der Waals surface area contributed by atoms with Crippen LogP contribution < -0.4 is 10.2 Å². The highest BCUT2D eigenvalue weighted by Gasteiger charge is 2.53. The molecule has 0 bridgehead atoms. The van der Waals surface area contributed by atoms with E-state index in [-0.39, 0.29) is 12.1 Å². The number of hydrogen-bond donors (Lipinski definition) is 3. The van der Waals surface area contributed by atoms with Crippen LogP contribution in [0.4, 0.5) is 11.5 Å². The summed E-state index contributed by atoms with van der Waals surface area (Å²) in [6.07, 6.45) is 6.60. The molecule has 0 spiro atoms. The van der Waals surface area contributed by atoms with Gasteiger partial charge in [-0.3, -0.25) is 4.78 Å². The maximum absolute atomic E-state index is 13.0. The minimum absolute atomic E-state index is 0.157. The Morgan fingerprint density at radius 2 is 2.15 bits per heavy atom.